The third-order valence-corrected chi connectivity index (χ3v) is 4.14. The van der Waals surface area contributed by atoms with Gasteiger partial charge in [-0.15, -0.1) is 0 Å². The minimum atomic E-state index is -1.04. The number of nitrogens with zero attached hydrogens (tertiary/aromatic N) is 4. The van der Waals surface area contributed by atoms with Gasteiger partial charge in [0, 0.05) is 18.5 Å². The van der Waals surface area contributed by atoms with E-state index in [1.54, 1.807) is 43.1 Å². The molecule has 0 aromatic carbocycles. The molecule has 0 atom stereocenters. The molecule has 27 heavy (non-hydrogen) atoms. The molecule has 8 nitrogen and oxygen atoms in total. The van der Waals surface area contributed by atoms with Crippen molar-refractivity contribution in [1.82, 2.24) is 14.8 Å². The highest BCUT2D eigenvalue weighted by atomic mass is 32.1. The van der Waals surface area contributed by atoms with E-state index in [1.807, 2.05) is 6.07 Å². The first kappa shape index (κ1) is 21.1. The highest BCUT2D eigenvalue weighted by molar-refractivity contribution is 7.79. The molecule has 0 spiro atoms. The van der Waals surface area contributed by atoms with Crippen LogP contribution in [-0.2, 0) is 10.3 Å². The lowest BCUT2D eigenvalue weighted by molar-refractivity contribution is 0.0801. The number of rotatable bonds is 4. The fourth-order valence-corrected chi connectivity index (χ4v) is 2.86. The Morgan fingerprint density at radius 1 is 1.33 bits per heavy atom. The number of aliphatic hydroxyl groups is 1. The molecule has 2 aromatic rings. The molecule has 3 heterocycles. The predicted molar refractivity (Wildman–Crippen MR) is 113 cm³/mol. The maximum Gasteiger partial charge on any atom is 0.167 e. The van der Waals surface area contributed by atoms with Crippen LogP contribution in [0.4, 0.5) is 5.82 Å². The van der Waals surface area contributed by atoms with E-state index < -0.39 is 5.60 Å². The predicted octanol–water partition coefficient (Wildman–Crippen LogP) is 1.27. The quantitative estimate of drug-likeness (QED) is 0.457. The van der Waals surface area contributed by atoms with E-state index in [-0.39, 0.29) is 0 Å². The monoisotopic (exact) mass is 392 g/mol. The molecule has 1 fully saturated rings. The number of ether oxygens (including phenoxy) is 1. The number of thiol groups is 1. The Balaban J connectivity index is 0.00000126. The summed E-state index contributed by atoms with van der Waals surface area (Å²) in [6.07, 6.45) is 8.05. The number of aromatic nitrogens is 3. The van der Waals surface area contributed by atoms with Crippen LogP contribution in [0.2, 0.25) is 0 Å². The van der Waals surface area contributed by atoms with Crippen molar-refractivity contribution in [2.45, 2.75) is 19.4 Å². The number of hydrogen-bond acceptors (Lipinski definition) is 8. The summed E-state index contributed by atoms with van der Waals surface area (Å²) in [6, 6.07) is 1.92. The Morgan fingerprint density at radius 2 is 2.00 bits per heavy atom. The number of anilines is 1. The van der Waals surface area contributed by atoms with Gasteiger partial charge in [0.05, 0.1) is 25.0 Å². The molecule has 0 amide bonds. The van der Waals surface area contributed by atoms with Crippen LogP contribution in [0, 0.1) is 0 Å². The molecule has 3 rings (SSSR count). The van der Waals surface area contributed by atoms with E-state index in [9.17, 15) is 5.11 Å². The molecule has 1 aliphatic rings. The van der Waals surface area contributed by atoms with E-state index in [4.69, 9.17) is 21.2 Å². The number of fused-ring (bicyclic) bond motifs is 1. The van der Waals surface area contributed by atoms with Crippen LogP contribution < -0.4 is 16.4 Å². The fraction of sp³-hybridized carbons (Fsp3) is 0.444. The number of allylic oxidation sites excluding steroid dienone is 2. The van der Waals surface area contributed by atoms with Gasteiger partial charge < -0.3 is 26.2 Å². The van der Waals surface area contributed by atoms with Gasteiger partial charge in [-0.05, 0) is 50.1 Å². The van der Waals surface area contributed by atoms with Gasteiger partial charge in [0.1, 0.15) is 11.6 Å². The van der Waals surface area contributed by atoms with Crippen molar-refractivity contribution in [3.8, 4) is 0 Å². The molecule has 1 aliphatic heterocycles. The largest absolute Gasteiger partial charge is 0.405 e. The van der Waals surface area contributed by atoms with Crippen LogP contribution in [0.15, 0.2) is 30.6 Å². The van der Waals surface area contributed by atoms with E-state index >= 15 is 0 Å². The summed E-state index contributed by atoms with van der Waals surface area (Å²) in [6.45, 7) is 6.30. The summed E-state index contributed by atoms with van der Waals surface area (Å²) in [5, 5.41) is 15.7. The minimum Gasteiger partial charge on any atom is -0.405 e. The lowest BCUT2D eigenvalue weighted by Gasteiger charge is -2.29. The third-order valence-electron chi connectivity index (χ3n) is 4.14. The van der Waals surface area contributed by atoms with Gasteiger partial charge in [-0.1, -0.05) is 0 Å². The maximum atomic E-state index is 10.6. The molecule has 0 unspecified atom stereocenters. The first-order valence-electron chi connectivity index (χ1n) is 8.65. The number of pyridine rings is 1. The van der Waals surface area contributed by atoms with Gasteiger partial charge in [0.25, 0.3) is 0 Å². The highest BCUT2D eigenvalue weighted by Gasteiger charge is 2.25. The summed E-state index contributed by atoms with van der Waals surface area (Å²) in [4.78, 5) is 6.88. The smallest absolute Gasteiger partial charge is 0.167 e. The molecule has 0 radical (unpaired) electrons. The molecule has 0 bridgehead atoms. The van der Waals surface area contributed by atoms with Gasteiger partial charge in [0.15, 0.2) is 5.65 Å². The summed E-state index contributed by atoms with van der Waals surface area (Å²) in [5.74, 6) is 1.17. The van der Waals surface area contributed by atoms with Crippen LogP contribution in [0.25, 0.3) is 16.9 Å². The second kappa shape index (κ2) is 9.12. The second-order valence-corrected chi connectivity index (χ2v) is 6.46. The number of hydrogen-bond donors (Lipinski definition) is 4. The normalized spacial score (nSPS) is 15.9. The zero-order valence-electron chi connectivity index (χ0n) is 16.0. The topological polar surface area (TPSA) is 115 Å². The highest BCUT2D eigenvalue weighted by Crippen LogP contribution is 2.31. The number of morpholine rings is 1. The lowest BCUT2D eigenvalue weighted by atomic mass is 9.96. The molecular formula is C18H28N6O2S. The molecule has 0 aliphatic carbocycles. The van der Waals surface area contributed by atoms with Gasteiger partial charge >= 0.3 is 0 Å². The van der Waals surface area contributed by atoms with E-state index in [0.29, 0.717) is 24.7 Å². The first-order chi connectivity index (χ1) is 12.9. The van der Waals surface area contributed by atoms with Gasteiger partial charge in [-0.25, -0.2) is 4.98 Å². The van der Waals surface area contributed by atoms with Crippen molar-refractivity contribution in [3.63, 3.8) is 0 Å². The third kappa shape index (κ3) is 4.74. The average Bonchev–Trinajstić information content (AvgIpc) is 3.10. The molecule has 148 valence electrons. The van der Waals surface area contributed by atoms with Gasteiger partial charge in [-0.3, -0.25) is 0 Å². The first-order valence-corrected chi connectivity index (χ1v) is 9.54. The Kier molecular flexibility index (Phi) is 7.11. The van der Waals surface area contributed by atoms with Gasteiger partial charge in [-0.2, -0.15) is 22.4 Å². The van der Waals surface area contributed by atoms with Crippen LogP contribution in [0.3, 0.4) is 0 Å². The zero-order valence-corrected chi connectivity index (χ0v) is 16.9. The fourth-order valence-electron chi connectivity index (χ4n) is 2.86. The van der Waals surface area contributed by atoms with Crippen molar-refractivity contribution < 1.29 is 9.84 Å². The van der Waals surface area contributed by atoms with Crippen molar-refractivity contribution in [3.05, 3.63) is 36.2 Å². The van der Waals surface area contributed by atoms with E-state index in [0.717, 1.165) is 29.9 Å². The standard InChI is InChI=1S/C17H24N6O2.CH4S/c1-17(2,24)13-10-15(22-6-8-25-9-7-22)21-16-12(13)11-20-23(16)14(19)4-3-5-18;1-2/h3-5,10-11,24H,6-9,18-19H2,1-2H3;2H,1H3/b5-3-,14-4+;. The maximum absolute atomic E-state index is 10.6. The van der Waals surface area contributed by atoms with Crippen LogP contribution in [0.5, 0.6) is 0 Å². The molecule has 1 saturated heterocycles. The van der Waals surface area contributed by atoms with E-state index in [1.165, 1.54) is 6.20 Å². The summed E-state index contributed by atoms with van der Waals surface area (Å²) in [5.41, 5.74) is 11.8. The van der Waals surface area contributed by atoms with Crippen molar-refractivity contribution >= 4 is 35.3 Å². The SMILES string of the molecule is CC(C)(O)c1cc(N2CCOCC2)nc2c1cnn2/C(N)=C/C=C\N.CS. The van der Waals surface area contributed by atoms with Crippen LogP contribution in [0.1, 0.15) is 19.4 Å². The molecule has 9 heteroatoms. The Morgan fingerprint density at radius 3 is 2.59 bits per heavy atom. The Bertz CT molecular complexity index is 819. The minimum absolute atomic E-state index is 0.394. The Hall–Kier alpha value is -2.23. The molecular weight excluding hydrogens is 364 g/mol. The molecule has 5 N–H and O–H groups in total. The van der Waals surface area contributed by atoms with E-state index in [2.05, 4.69) is 22.6 Å². The summed E-state index contributed by atoms with van der Waals surface area (Å²) in [7, 11) is 0. The molecule has 2 aromatic heterocycles. The van der Waals surface area contributed by atoms with Crippen molar-refractivity contribution in [2.24, 2.45) is 11.5 Å². The van der Waals surface area contributed by atoms with Crippen molar-refractivity contribution in [2.75, 3.05) is 37.5 Å². The van der Waals surface area contributed by atoms with Crippen LogP contribution >= 0.6 is 12.6 Å². The van der Waals surface area contributed by atoms with Crippen LogP contribution in [-0.4, -0.2) is 52.4 Å². The average molecular weight is 393 g/mol. The summed E-state index contributed by atoms with van der Waals surface area (Å²) >= 11 is 3.53. The van der Waals surface area contributed by atoms with Crippen molar-refractivity contribution in [1.29, 1.82) is 0 Å². The lowest BCUT2D eigenvalue weighted by Crippen LogP contribution is -2.37. The second-order valence-electron chi connectivity index (χ2n) is 6.46. The van der Waals surface area contributed by atoms with Gasteiger partial charge in [0.2, 0.25) is 0 Å². The zero-order chi connectivity index (χ0) is 20.0. The summed E-state index contributed by atoms with van der Waals surface area (Å²) < 4.78 is 6.96. The Labute approximate surface area is 164 Å². The molecule has 0 saturated carbocycles. The number of nitrogens with two attached hydrogens (primary N) is 2.